The summed E-state index contributed by atoms with van der Waals surface area (Å²) in [4.78, 5) is 0. The summed E-state index contributed by atoms with van der Waals surface area (Å²) < 4.78 is 5.21. The Balaban J connectivity index is 2.32. The SMILES string of the molecule is Cc1cc(C(O)C(CN)c2ccccc2Cl)co1. The monoisotopic (exact) mass is 265 g/mol. The van der Waals surface area contributed by atoms with E-state index in [4.69, 9.17) is 21.8 Å². The van der Waals surface area contributed by atoms with Crippen LogP contribution >= 0.6 is 11.6 Å². The largest absolute Gasteiger partial charge is 0.469 e. The molecule has 96 valence electrons. The van der Waals surface area contributed by atoms with Crippen LogP contribution in [-0.4, -0.2) is 11.7 Å². The molecule has 0 saturated carbocycles. The molecule has 2 unspecified atom stereocenters. The minimum Gasteiger partial charge on any atom is -0.469 e. The fourth-order valence-electron chi connectivity index (χ4n) is 2.05. The second kappa shape index (κ2) is 5.57. The molecule has 0 radical (unpaired) electrons. The van der Waals surface area contributed by atoms with E-state index < -0.39 is 6.10 Å². The van der Waals surface area contributed by atoms with Gasteiger partial charge in [0.1, 0.15) is 5.76 Å². The lowest BCUT2D eigenvalue weighted by Crippen LogP contribution is -2.20. The molecular formula is C14H16ClNO2. The molecule has 18 heavy (non-hydrogen) atoms. The minimum atomic E-state index is -0.715. The van der Waals surface area contributed by atoms with Crippen LogP contribution in [0.3, 0.4) is 0 Å². The van der Waals surface area contributed by atoms with Crippen molar-refractivity contribution in [2.45, 2.75) is 18.9 Å². The van der Waals surface area contributed by atoms with Crippen molar-refractivity contribution in [1.82, 2.24) is 0 Å². The van der Waals surface area contributed by atoms with Gasteiger partial charge in [-0.15, -0.1) is 0 Å². The molecule has 0 saturated heterocycles. The Morgan fingerprint density at radius 3 is 2.67 bits per heavy atom. The fourth-order valence-corrected chi connectivity index (χ4v) is 2.33. The van der Waals surface area contributed by atoms with E-state index in [-0.39, 0.29) is 5.92 Å². The number of benzene rings is 1. The van der Waals surface area contributed by atoms with Crippen molar-refractivity contribution in [3.63, 3.8) is 0 Å². The molecule has 4 heteroatoms. The maximum atomic E-state index is 10.4. The average molecular weight is 266 g/mol. The summed E-state index contributed by atoms with van der Waals surface area (Å²) in [5.74, 6) is 0.523. The summed E-state index contributed by atoms with van der Waals surface area (Å²) in [7, 11) is 0. The number of rotatable bonds is 4. The maximum Gasteiger partial charge on any atom is 0.101 e. The van der Waals surface area contributed by atoms with Gasteiger partial charge < -0.3 is 15.3 Å². The van der Waals surface area contributed by atoms with E-state index in [0.29, 0.717) is 11.6 Å². The van der Waals surface area contributed by atoms with Gasteiger partial charge in [0.2, 0.25) is 0 Å². The van der Waals surface area contributed by atoms with Gasteiger partial charge in [0.25, 0.3) is 0 Å². The molecule has 0 aliphatic rings. The number of halogens is 1. The van der Waals surface area contributed by atoms with Gasteiger partial charge in [0.15, 0.2) is 0 Å². The molecule has 0 spiro atoms. The van der Waals surface area contributed by atoms with Crippen molar-refractivity contribution in [1.29, 1.82) is 0 Å². The van der Waals surface area contributed by atoms with E-state index in [1.165, 1.54) is 0 Å². The molecule has 3 nitrogen and oxygen atoms in total. The summed E-state index contributed by atoms with van der Waals surface area (Å²) in [5.41, 5.74) is 7.35. The van der Waals surface area contributed by atoms with Crippen LogP contribution < -0.4 is 5.73 Å². The predicted octanol–water partition coefficient (Wildman–Crippen LogP) is 3.02. The second-order valence-electron chi connectivity index (χ2n) is 4.30. The molecule has 0 fully saturated rings. The van der Waals surface area contributed by atoms with Crippen molar-refractivity contribution in [2.75, 3.05) is 6.54 Å². The molecule has 0 bridgehead atoms. The second-order valence-corrected chi connectivity index (χ2v) is 4.71. The number of aliphatic hydroxyl groups is 1. The first kappa shape index (κ1) is 13.1. The first-order chi connectivity index (χ1) is 8.63. The lowest BCUT2D eigenvalue weighted by molar-refractivity contribution is 0.146. The summed E-state index contributed by atoms with van der Waals surface area (Å²) >= 11 is 6.14. The lowest BCUT2D eigenvalue weighted by Gasteiger charge is -2.21. The van der Waals surface area contributed by atoms with Crippen molar-refractivity contribution in [3.8, 4) is 0 Å². The molecule has 1 aromatic carbocycles. The van der Waals surface area contributed by atoms with E-state index in [1.54, 1.807) is 12.3 Å². The third kappa shape index (κ3) is 2.58. The Hall–Kier alpha value is -1.29. The topological polar surface area (TPSA) is 59.4 Å². The van der Waals surface area contributed by atoms with Crippen LogP contribution in [0.15, 0.2) is 41.0 Å². The molecule has 1 heterocycles. The molecule has 1 aromatic heterocycles. The van der Waals surface area contributed by atoms with E-state index in [0.717, 1.165) is 16.9 Å². The number of nitrogens with two attached hydrogens (primary N) is 1. The molecule has 0 aliphatic heterocycles. The van der Waals surface area contributed by atoms with Crippen molar-refractivity contribution >= 4 is 11.6 Å². The van der Waals surface area contributed by atoms with Crippen LogP contribution in [-0.2, 0) is 0 Å². The molecule has 0 amide bonds. The summed E-state index contributed by atoms with van der Waals surface area (Å²) in [6.07, 6.45) is 0.840. The first-order valence-corrected chi connectivity index (χ1v) is 6.19. The van der Waals surface area contributed by atoms with Crippen LogP contribution in [0.5, 0.6) is 0 Å². The van der Waals surface area contributed by atoms with Crippen LogP contribution in [0.4, 0.5) is 0 Å². The van der Waals surface area contributed by atoms with E-state index in [1.807, 2.05) is 31.2 Å². The first-order valence-electron chi connectivity index (χ1n) is 5.81. The Morgan fingerprint density at radius 1 is 1.39 bits per heavy atom. The molecule has 2 rings (SSSR count). The number of aryl methyl sites for hydroxylation is 1. The lowest BCUT2D eigenvalue weighted by atomic mass is 9.90. The highest BCUT2D eigenvalue weighted by molar-refractivity contribution is 6.31. The van der Waals surface area contributed by atoms with Crippen LogP contribution in [0.2, 0.25) is 5.02 Å². The summed E-state index contributed by atoms with van der Waals surface area (Å²) in [5, 5.41) is 11.0. The van der Waals surface area contributed by atoms with Gasteiger partial charge in [0.05, 0.1) is 12.4 Å². The molecule has 3 N–H and O–H groups in total. The fraction of sp³-hybridized carbons (Fsp3) is 0.286. The van der Waals surface area contributed by atoms with Crippen molar-refractivity contribution in [3.05, 3.63) is 58.5 Å². The highest BCUT2D eigenvalue weighted by Gasteiger charge is 2.24. The van der Waals surface area contributed by atoms with E-state index in [2.05, 4.69) is 0 Å². The van der Waals surface area contributed by atoms with Crippen molar-refractivity contribution in [2.24, 2.45) is 5.73 Å². The Labute approximate surface area is 111 Å². The van der Waals surface area contributed by atoms with Gasteiger partial charge >= 0.3 is 0 Å². The van der Waals surface area contributed by atoms with Gasteiger partial charge in [-0.2, -0.15) is 0 Å². The molecule has 2 aromatic rings. The zero-order valence-electron chi connectivity index (χ0n) is 10.1. The zero-order chi connectivity index (χ0) is 13.1. The third-order valence-electron chi connectivity index (χ3n) is 3.03. The number of furan rings is 1. The Bertz CT molecular complexity index is 524. The molecular weight excluding hydrogens is 250 g/mol. The number of aliphatic hydroxyl groups excluding tert-OH is 1. The van der Waals surface area contributed by atoms with Gasteiger partial charge in [-0.3, -0.25) is 0 Å². The zero-order valence-corrected chi connectivity index (χ0v) is 10.9. The van der Waals surface area contributed by atoms with Crippen molar-refractivity contribution < 1.29 is 9.52 Å². The number of hydrogen-bond acceptors (Lipinski definition) is 3. The van der Waals surface area contributed by atoms with E-state index in [9.17, 15) is 5.11 Å². The Morgan fingerprint density at radius 2 is 2.11 bits per heavy atom. The Kier molecular flexibility index (Phi) is 4.07. The highest BCUT2D eigenvalue weighted by atomic mass is 35.5. The van der Waals surface area contributed by atoms with Crippen LogP contribution in [0.1, 0.15) is 28.9 Å². The van der Waals surface area contributed by atoms with Crippen LogP contribution in [0, 0.1) is 6.92 Å². The number of hydrogen-bond donors (Lipinski definition) is 2. The molecule has 0 aliphatic carbocycles. The summed E-state index contributed by atoms with van der Waals surface area (Å²) in [6, 6.07) is 9.23. The molecule has 2 atom stereocenters. The smallest absolute Gasteiger partial charge is 0.101 e. The maximum absolute atomic E-state index is 10.4. The quantitative estimate of drug-likeness (QED) is 0.893. The third-order valence-corrected chi connectivity index (χ3v) is 3.38. The van der Waals surface area contributed by atoms with Crippen LogP contribution in [0.25, 0.3) is 0 Å². The van der Waals surface area contributed by atoms with Gasteiger partial charge in [-0.05, 0) is 24.6 Å². The van der Waals surface area contributed by atoms with E-state index >= 15 is 0 Å². The highest BCUT2D eigenvalue weighted by Crippen LogP contribution is 2.34. The summed E-state index contributed by atoms with van der Waals surface area (Å²) in [6.45, 7) is 2.15. The van der Waals surface area contributed by atoms with Gasteiger partial charge in [-0.1, -0.05) is 29.8 Å². The standard InChI is InChI=1S/C14H16ClNO2/c1-9-6-10(8-18-9)14(17)12(7-16)11-4-2-3-5-13(11)15/h2-6,8,12,14,17H,7,16H2,1H3. The predicted molar refractivity (Wildman–Crippen MR) is 71.7 cm³/mol. The average Bonchev–Trinajstić information content (AvgIpc) is 2.79. The minimum absolute atomic E-state index is 0.240. The normalized spacial score (nSPS) is 14.4. The van der Waals surface area contributed by atoms with Gasteiger partial charge in [0, 0.05) is 23.0 Å². The van der Waals surface area contributed by atoms with Gasteiger partial charge in [-0.25, -0.2) is 0 Å².